The summed E-state index contributed by atoms with van der Waals surface area (Å²) < 4.78 is 5.48. The molecule has 2 aromatic heterocycles. The highest BCUT2D eigenvalue weighted by Gasteiger charge is 2.16. The molecule has 0 aliphatic carbocycles. The van der Waals surface area contributed by atoms with Crippen molar-refractivity contribution in [3.63, 3.8) is 0 Å². The third-order valence-corrected chi connectivity index (χ3v) is 3.41. The van der Waals surface area contributed by atoms with Gasteiger partial charge in [-0.05, 0) is 25.0 Å². The molecular formula is C14H19N3O2S. The molecule has 0 fully saturated rings. The van der Waals surface area contributed by atoms with Crippen molar-refractivity contribution in [2.75, 3.05) is 11.9 Å². The molecule has 1 amide bonds. The summed E-state index contributed by atoms with van der Waals surface area (Å²) in [5.41, 5.74) is 1.76. The molecule has 0 saturated heterocycles. The lowest BCUT2D eigenvalue weighted by molar-refractivity contribution is -0.126. The van der Waals surface area contributed by atoms with Gasteiger partial charge >= 0.3 is 0 Å². The topological polar surface area (TPSA) is 67.0 Å². The first-order chi connectivity index (χ1) is 9.56. The molecule has 20 heavy (non-hydrogen) atoms. The van der Waals surface area contributed by atoms with E-state index in [1.165, 1.54) is 11.3 Å². The zero-order valence-electron chi connectivity index (χ0n) is 11.8. The molecule has 0 aliphatic rings. The Kier molecular flexibility index (Phi) is 4.92. The van der Waals surface area contributed by atoms with Crippen LogP contribution in [0.15, 0.2) is 23.7 Å². The van der Waals surface area contributed by atoms with E-state index in [-0.39, 0.29) is 5.91 Å². The van der Waals surface area contributed by atoms with Gasteiger partial charge in [-0.3, -0.25) is 10.1 Å². The molecule has 6 heteroatoms. The van der Waals surface area contributed by atoms with Crippen molar-refractivity contribution >= 4 is 22.4 Å². The lowest BCUT2D eigenvalue weighted by Gasteiger charge is -2.13. The van der Waals surface area contributed by atoms with E-state index in [2.05, 4.69) is 15.3 Å². The van der Waals surface area contributed by atoms with E-state index in [0.29, 0.717) is 17.7 Å². The quantitative estimate of drug-likeness (QED) is 0.860. The highest BCUT2D eigenvalue weighted by atomic mass is 32.1. The Hall–Kier alpha value is -1.66. The number of nitrogens with one attached hydrogen (secondary N) is 2. The van der Waals surface area contributed by atoms with E-state index in [4.69, 9.17) is 4.74 Å². The molecule has 2 aromatic rings. The Morgan fingerprint density at radius 2 is 2.30 bits per heavy atom. The van der Waals surface area contributed by atoms with E-state index in [0.717, 1.165) is 11.4 Å². The maximum atomic E-state index is 11.9. The molecule has 2 rings (SSSR count). The van der Waals surface area contributed by atoms with Crippen molar-refractivity contribution in [2.45, 2.75) is 26.9 Å². The average Bonchev–Trinajstić information content (AvgIpc) is 3.05. The van der Waals surface area contributed by atoms with Gasteiger partial charge in [0.05, 0.1) is 11.4 Å². The second kappa shape index (κ2) is 6.67. The third-order valence-electron chi connectivity index (χ3n) is 2.66. The smallest absolute Gasteiger partial charge is 0.254 e. The van der Waals surface area contributed by atoms with Crippen molar-refractivity contribution in [1.82, 2.24) is 9.97 Å². The lowest BCUT2D eigenvalue weighted by atomic mass is 10.2. The third kappa shape index (κ3) is 3.91. The minimum atomic E-state index is -0.477. The van der Waals surface area contributed by atoms with Crippen molar-refractivity contribution in [3.05, 3.63) is 23.7 Å². The number of carbonyl (C=O) groups is 1. The molecule has 2 N–H and O–H groups in total. The summed E-state index contributed by atoms with van der Waals surface area (Å²) in [7, 11) is 0. The van der Waals surface area contributed by atoms with Crippen LogP contribution in [0.1, 0.15) is 20.8 Å². The fourth-order valence-corrected chi connectivity index (χ4v) is 2.28. The molecule has 0 bridgehead atoms. The monoisotopic (exact) mass is 293 g/mol. The predicted molar refractivity (Wildman–Crippen MR) is 80.8 cm³/mol. The summed E-state index contributed by atoms with van der Waals surface area (Å²) in [5.74, 6) is 0.239. The van der Waals surface area contributed by atoms with Crippen LogP contribution in [-0.4, -0.2) is 28.6 Å². The van der Waals surface area contributed by atoms with Crippen LogP contribution in [0.3, 0.4) is 0 Å². The number of carbonyl (C=O) groups excluding carboxylic acids is 1. The van der Waals surface area contributed by atoms with Crippen LogP contribution < -0.4 is 5.32 Å². The minimum Gasteiger partial charge on any atom is -0.368 e. The maximum Gasteiger partial charge on any atom is 0.254 e. The first-order valence-electron chi connectivity index (χ1n) is 6.58. The van der Waals surface area contributed by atoms with E-state index in [1.54, 1.807) is 6.92 Å². The van der Waals surface area contributed by atoms with E-state index in [9.17, 15) is 4.79 Å². The molecule has 1 unspecified atom stereocenters. The van der Waals surface area contributed by atoms with Gasteiger partial charge in [0.15, 0.2) is 5.13 Å². The molecule has 0 radical (unpaired) electrons. The first-order valence-corrected chi connectivity index (χ1v) is 7.46. The molecule has 0 aromatic carbocycles. The fourth-order valence-electron chi connectivity index (χ4n) is 1.56. The average molecular weight is 293 g/mol. The summed E-state index contributed by atoms with van der Waals surface area (Å²) in [6, 6.07) is 3.85. The van der Waals surface area contributed by atoms with Gasteiger partial charge in [0.25, 0.3) is 5.91 Å². The number of rotatable bonds is 6. The van der Waals surface area contributed by atoms with Gasteiger partial charge in [0.1, 0.15) is 6.10 Å². The highest BCUT2D eigenvalue weighted by Crippen LogP contribution is 2.23. The summed E-state index contributed by atoms with van der Waals surface area (Å²) >= 11 is 1.40. The van der Waals surface area contributed by atoms with Crippen LogP contribution in [-0.2, 0) is 9.53 Å². The highest BCUT2D eigenvalue weighted by molar-refractivity contribution is 7.14. The number of H-pyrrole nitrogens is 1. The Labute approximate surface area is 122 Å². The van der Waals surface area contributed by atoms with Crippen LogP contribution >= 0.6 is 11.3 Å². The van der Waals surface area contributed by atoms with E-state index in [1.807, 2.05) is 37.6 Å². The molecule has 0 spiro atoms. The number of anilines is 1. The molecule has 0 aliphatic heterocycles. The molecular weight excluding hydrogens is 274 g/mol. The molecule has 108 valence electrons. The molecule has 0 saturated carbocycles. The Morgan fingerprint density at radius 3 is 2.95 bits per heavy atom. The van der Waals surface area contributed by atoms with Gasteiger partial charge in [-0.15, -0.1) is 11.3 Å². The largest absolute Gasteiger partial charge is 0.368 e. The summed E-state index contributed by atoms with van der Waals surface area (Å²) in [6.07, 6.45) is 1.37. The van der Waals surface area contributed by atoms with Crippen molar-refractivity contribution in [1.29, 1.82) is 0 Å². The Balaban J connectivity index is 1.91. The summed E-state index contributed by atoms with van der Waals surface area (Å²) in [6.45, 7) is 6.42. The van der Waals surface area contributed by atoms with E-state index >= 15 is 0 Å². The normalized spacial score (nSPS) is 12.6. The second-order valence-electron chi connectivity index (χ2n) is 4.98. The first kappa shape index (κ1) is 14.7. The molecule has 5 nitrogen and oxygen atoms in total. The number of thiazole rings is 1. The van der Waals surface area contributed by atoms with Crippen molar-refractivity contribution in [3.8, 4) is 11.4 Å². The summed E-state index contributed by atoms with van der Waals surface area (Å²) in [5, 5.41) is 5.26. The Morgan fingerprint density at radius 1 is 1.50 bits per heavy atom. The molecule has 1 atom stereocenters. The number of hydrogen-bond donors (Lipinski definition) is 2. The number of hydrogen-bond acceptors (Lipinski definition) is 4. The van der Waals surface area contributed by atoms with Gasteiger partial charge in [-0.1, -0.05) is 13.8 Å². The van der Waals surface area contributed by atoms with Gasteiger partial charge in [-0.2, -0.15) is 0 Å². The van der Waals surface area contributed by atoms with Gasteiger partial charge in [0, 0.05) is 18.2 Å². The van der Waals surface area contributed by atoms with Gasteiger partial charge in [0.2, 0.25) is 0 Å². The predicted octanol–water partition coefficient (Wildman–Crippen LogP) is 3.14. The van der Waals surface area contributed by atoms with Crippen LogP contribution in [0.25, 0.3) is 11.4 Å². The second-order valence-corrected chi connectivity index (χ2v) is 5.84. The van der Waals surface area contributed by atoms with E-state index < -0.39 is 6.10 Å². The molecule has 2 heterocycles. The zero-order valence-corrected chi connectivity index (χ0v) is 12.7. The number of amides is 1. The standard InChI is InChI=1S/C14H19N3O2S/c1-9(2)7-19-10(3)13(18)17-14-16-12(8-20-14)11-5-4-6-15-11/h4-6,8-10,15H,7H2,1-3H3,(H,16,17,18). The summed E-state index contributed by atoms with van der Waals surface area (Å²) in [4.78, 5) is 19.4. The van der Waals surface area contributed by atoms with Crippen LogP contribution in [0.2, 0.25) is 0 Å². The maximum absolute atomic E-state index is 11.9. The number of ether oxygens (including phenoxy) is 1. The van der Waals surface area contributed by atoms with Crippen LogP contribution in [0.5, 0.6) is 0 Å². The lowest BCUT2D eigenvalue weighted by Crippen LogP contribution is -2.28. The van der Waals surface area contributed by atoms with Crippen molar-refractivity contribution < 1.29 is 9.53 Å². The Bertz CT molecular complexity index is 549. The minimum absolute atomic E-state index is 0.168. The van der Waals surface area contributed by atoms with Crippen LogP contribution in [0.4, 0.5) is 5.13 Å². The van der Waals surface area contributed by atoms with Crippen molar-refractivity contribution in [2.24, 2.45) is 5.92 Å². The number of aromatic amines is 1. The number of nitrogens with zero attached hydrogens (tertiary/aromatic N) is 1. The van der Waals surface area contributed by atoms with Gasteiger partial charge < -0.3 is 9.72 Å². The SMILES string of the molecule is CC(C)COC(C)C(=O)Nc1nc(-c2ccc[nH]2)cs1. The fraction of sp³-hybridized carbons (Fsp3) is 0.429. The zero-order chi connectivity index (χ0) is 14.5. The van der Waals surface area contributed by atoms with Crippen LogP contribution in [0, 0.1) is 5.92 Å². The number of aromatic nitrogens is 2. The van der Waals surface area contributed by atoms with Gasteiger partial charge in [-0.25, -0.2) is 4.98 Å².